The molecule has 2 fully saturated rings. The zero-order valence-electron chi connectivity index (χ0n) is 14.7. The highest BCUT2D eigenvalue weighted by molar-refractivity contribution is 6.06. The summed E-state index contributed by atoms with van der Waals surface area (Å²) < 4.78 is 0. The molecule has 6 nitrogen and oxygen atoms in total. The number of amides is 4. The van der Waals surface area contributed by atoms with Crippen molar-refractivity contribution >= 4 is 17.8 Å². The largest absolute Gasteiger partial charge is 0.342 e. The Balaban J connectivity index is 1.55. The van der Waals surface area contributed by atoms with E-state index in [-0.39, 0.29) is 17.7 Å². The van der Waals surface area contributed by atoms with Crippen LogP contribution in [-0.4, -0.2) is 41.4 Å². The number of imide groups is 1. The van der Waals surface area contributed by atoms with Crippen LogP contribution in [0.3, 0.4) is 0 Å². The van der Waals surface area contributed by atoms with E-state index >= 15 is 0 Å². The van der Waals surface area contributed by atoms with Crippen molar-refractivity contribution in [2.24, 2.45) is 5.92 Å². The lowest BCUT2D eigenvalue weighted by Gasteiger charge is -2.35. The number of likely N-dealkylation sites (tertiary alicyclic amines) is 1. The molecule has 0 radical (unpaired) electrons. The average Bonchev–Trinajstić information content (AvgIpc) is 2.86. The van der Waals surface area contributed by atoms with E-state index in [1.807, 2.05) is 17.9 Å². The van der Waals surface area contributed by atoms with Gasteiger partial charge in [0, 0.05) is 19.0 Å². The van der Waals surface area contributed by atoms with Gasteiger partial charge in [-0.05, 0) is 37.7 Å². The van der Waals surface area contributed by atoms with Gasteiger partial charge < -0.3 is 10.2 Å². The van der Waals surface area contributed by atoms with Crippen molar-refractivity contribution in [1.29, 1.82) is 0 Å². The van der Waals surface area contributed by atoms with Gasteiger partial charge in [-0.1, -0.05) is 37.3 Å². The van der Waals surface area contributed by atoms with E-state index in [0.717, 1.165) is 25.9 Å². The minimum absolute atomic E-state index is 0.0571. The Labute approximate surface area is 148 Å². The Morgan fingerprint density at radius 3 is 2.44 bits per heavy atom. The third kappa shape index (κ3) is 3.67. The lowest BCUT2D eigenvalue weighted by atomic mass is 9.87. The first kappa shape index (κ1) is 17.5. The molecule has 25 heavy (non-hydrogen) atoms. The molecule has 134 valence electrons. The fourth-order valence-corrected chi connectivity index (χ4v) is 3.89. The highest BCUT2D eigenvalue weighted by atomic mass is 16.2. The molecule has 1 aromatic rings. The molecule has 6 heteroatoms. The van der Waals surface area contributed by atoms with Gasteiger partial charge in [0.1, 0.15) is 5.54 Å². The molecule has 3 rings (SSSR count). The highest BCUT2D eigenvalue weighted by Crippen LogP contribution is 2.29. The van der Waals surface area contributed by atoms with Crippen LogP contribution in [0.15, 0.2) is 30.3 Å². The molecule has 2 N–H and O–H groups in total. The van der Waals surface area contributed by atoms with Crippen molar-refractivity contribution in [3.05, 3.63) is 35.9 Å². The van der Waals surface area contributed by atoms with E-state index in [9.17, 15) is 14.4 Å². The van der Waals surface area contributed by atoms with Crippen LogP contribution < -0.4 is 10.6 Å². The maximum Gasteiger partial charge on any atom is 0.322 e. The molecule has 2 aliphatic heterocycles. The number of rotatable bonds is 4. The monoisotopic (exact) mass is 343 g/mol. The number of hydrogen-bond donors (Lipinski definition) is 2. The minimum Gasteiger partial charge on any atom is -0.342 e. The van der Waals surface area contributed by atoms with E-state index in [4.69, 9.17) is 0 Å². The standard InChI is InChI=1S/C19H25N3O3/c1-13(12-19(2)17(24)20-18(25)21-19)16(23)22-10-8-15(9-11-22)14-6-4-3-5-7-14/h3-7,13,15H,8-12H2,1-2H3,(H2,20,21,24,25). The number of piperidine rings is 1. The number of carbonyl (C=O) groups is 3. The van der Waals surface area contributed by atoms with Gasteiger partial charge in [0.2, 0.25) is 5.91 Å². The number of nitrogens with one attached hydrogen (secondary N) is 2. The molecule has 1 aromatic carbocycles. The summed E-state index contributed by atoms with van der Waals surface area (Å²) in [6.45, 7) is 4.96. The quantitative estimate of drug-likeness (QED) is 0.821. The predicted octanol–water partition coefficient (Wildman–Crippen LogP) is 2.02. The van der Waals surface area contributed by atoms with Gasteiger partial charge in [-0.2, -0.15) is 0 Å². The molecule has 2 aliphatic rings. The molecular formula is C19H25N3O3. The summed E-state index contributed by atoms with van der Waals surface area (Å²) in [5, 5.41) is 4.87. The molecule has 0 aromatic heterocycles. The van der Waals surface area contributed by atoms with Crippen LogP contribution in [0.25, 0.3) is 0 Å². The second kappa shape index (κ2) is 6.86. The fourth-order valence-electron chi connectivity index (χ4n) is 3.89. The van der Waals surface area contributed by atoms with Gasteiger partial charge >= 0.3 is 6.03 Å². The smallest absolute Gasteiger partial charge is 0.322 e. The Bertz CT molecular complexity index is 668. The zero-order valence-corrected chi connectivity index (χ0v) is 14.7. The van der Waals surface area contributed by atoms with Gasteiger partial charge in [0.25, 0.3) is 5.91 Å². The van der Waals surface area contributed by atoms with Crippen LogP contribution in [0.5, 0.6) is 0 Å². The molecule has 2 atom stereocenters. The summed E-state index contributed by atoms with van der Waals surface area (Å²) in [6, 6.07) is 9.92. The molecule has 2 heterocycles. The molecule has 0 bridgehead atoms. The van der Waals surface area contributed by atoms with Crippen LogP contribution in [0.1, 0.15) is 44.6 Å². The maximum absolute atomic E-state index is 12.7. The molecular weight excluding hydrogens is 318 g/mol. The summed E-state index contributed by atoms with van der Waals surface area (Å²) in [5.41, 5.74) is 0.328. The van der Waals surface area contributed by atoms with Crippen LogP contribution in [0, 0.1) is 5.92 Å². The number of carbonyl (C=O) groups excluding carboxylic acids is 3. The van der Waals surface area contributed by atoms with E-state index in [2.05, 4.69) is 34.9 Å². The summed E-state index contributed by atoms with van der Waals surface area (Å²) >= 11 is 0. The van der Waals surface area contributed by atoms with Gasteiger partial charge in [-0.25, -0.2) is 4.79 Å². The minimum atomic E-state index is -1.01. The lowest BCUT2D eigenvalue weighted by Crippen LogP contribution is -2.48. The fraction of sp³-hybridized carbons (Fsp3) is 0.526. The van der Waals surface area contributed by atoms with Crippen molar-refractivity contribution in [2.45, 2.75) is 44.6 Å². The van der Waals surface area contributed by atoms with Crippen LogP contribution in [-0.2, 0) is 9.59 Å². The predicted molar refractivity (Wildman–Crippen MR) is 93.9 cm³/mol. The van der Waals surface area contributed by atoms with Gasteiger partial charge in [-0.15, -0.1) is 0 Å². The Morgan fingerprint density at radius 2 is 1.88 bits per heavy atom. The Morgan fingerprint density at radius 1 is 1.24 bits per heavy atom. The van der Waals surface area contributed by atoms with E-state index < -0.39 is 11.6 Å². The topological polar surface area (TPSA) is 78.5 Å². The molecule has 2 unspecified atom stereocenters. The number of benzene rings is 1. The molecule has 0 saturated carbocycles. The highest BCUT2D eigenvalue weighted by Gasteiger charge is 2.44. The Kier molecular flexibility index (Phi) is 4.79. The third-order valence-corrected chi connectivity index (χ3v) is 5.33. The van der Waals surface area contributed by atoms with Crippen molar-refractivity contribution in [3.8, 4) is 0 Å². The normalized spacial score (nSPS) is 25.4. The number of urea groups is 1. The van der Waals surface area contributed by atoms with Gasteiger partial charge in [0.15, 0.2) is 0 Å². The third-order valence-electron chi connectivity index (χ3n) is 5.33. The van der Waals surface area contributed by atoms with Gasteiger partial charge in [-0.3, -0.25) is 14.9 Å². The van der Waals surface area contributed by atoms with E-state index in [1.54, 1.807) is 6.92 Å². The number of nitrogens with zero attached hydrogens (tertiary/aromatic N) is 1. The molecule has 4 amide bonds. The molecule has 0 spiro atoms. The van der Waals surface area contributed by atoms with Crippen molar-refractivity contribution in [1.82, 2.24) is 15.5 Å². The number of hydrogen-bond acceptors (Lipinski definition) is 3. The van der Waals surface area contributed by atoms with E-state index in [0.29, 0.717) is 12.3 Å². The second-order valence-electron chi connectivity index (χ2n) is 7.36. The first-order valence-electron chi connectivity index (χ1n) is 8.86. The van der Waals surface area contributed by atoms with Crippen molar-refractivity contribution in [2.75, 3.05) is 13.1 Å². The first-order valence-corrected chi connectivity index (χ1v) is 8.86. The SMILES string of the molecule is CC(CC1(C)NC(=O)NC1=O)C(=O)N1CCC(c2ccccc2)CC1. The van der Waals surface area contributed by atoms with E-state index in [1.165, 1.54) is 5.56 Å². The Hall–Kier alpha value is -2.37. The second-order valence-corrected chi connectivity index (χ2v) is 7.36. The van der Waals surface area contributed by atoms with Crippen LogP contribution in [0.2, 0.25) is 0 Å². The van der Waals surface area contributed by atoms with Crippen LogP contribution in [0.4, 0.5) is 4.79 Å². The molecule has 2 saturated heterocycles. The lowest BCUT2D eigenvalue weighted by molar-refractivity contribution is -0.137. The summed E-state index contributed by atoms with van der Waals surface area (Å²) in [6.07, 6.45) is 2.22. The maximum atomic E-state index is 12.7. The summed E-state index contributed by atoms with van der Waals surface area (Å²) in [4.78, 5) is 37.9. The van der Waals surface area contributed by atoms with Crippen LogP contribution >= 0.6 is 0 Å². The average molecular weight is 343 g/mol. The van der Waals surface area contributed by atoms with Crippen molar-refractivity contribution < 1.29 is 14.4 Å². The zero-order chi connectivity index (χ0) is 18.0. The van der Waals surface area contributed by atoms with Gasteiger partial charge in [0.05, 0.1) is 0 Å². The van der Waals surface area contributed by atoms with Crippen molar-refractivity contribution in [3.63, 3.8) is 0 Å². The molecule has 0 aliphatic carbocycles. The summed E-state index contributed by atoms with van der Waals surface area (Å²) in [5.74, 6) is -0.123. The summed E-state index contributed by atoms with van der Waals surface area (Å²) in [7, 11) is 0. The first-order chi connectivity index (χ1) is 11.9.